The molecule has 1 atom stereocenters. The standard InChI is InChI=1S/C12H21NO2/c14-12(15)8-4-5-9-13-10-11-6-2-1-3-7-11/h1-2,11,13H,3-10H2,(H,14,15). The third-order valence-electron chi connectivity index (χ3n) is 2.80. The average molecular weight is 211 g/mol. The zero-order chi connectivity index (χ0) is 10.9. The highest BCUT2D eigenvalue weighted by molar-refractivity contribution is 5.66. The van der Waals surface area contributed by atoms with Gasteiger partial charge in [-0.2, -0.15) is 0 Å². The van der Waals surface area contributed by atoms with Gasteiger partial charge in [0.25, 0.3) is 0 Å². The quantitative estimate of drug-likeness (QED) is 0.501. The molecule has 0 saturated carbocycles. The van der Waals surface area contributed by atoms with Gasteiger partial charge in [-0.1, -0.05) is 12.2 Å². The number of nitrogens with one attached hydrogen (secondary N) is 1. The van der Waals surface area contributed by atoms with Crippen LogP contribution >= 0.6 is 0 Å². The van der Waals surface area contributed by atoms with Gasteiger partial charge >= 0.3 is 5.97 Å². The largest absolute Gasteiger partial charge is 0.481 e. The Hall–Kier alpha value is -0.830. The molecule has 0 amide bonds. The second-order valence-electron chi connectivity index (χ2n) is 4.21. The highest BCUT2D eigenvalue weighted by Crippen LogP contribution is 2.16. The van der Waals surface area contributed by atoms with Gasteiger partial charge < -0.3 is 10.4 Å². The molecular weight excluding hydrogens is 190 g/mol. The summed E-state index contributed by atoms with van der Waals surface area (Å²) in [5.74, 6) is 0.0990. The second kappa shape index (κ2) is 7.46. The SMILES string of the molecule is O=C(O)CCCCNCC1CC=CCC1. The monoisotopic (exact) mass is 211 g/mol. The van der Waals surface area contributed by atoms with Gasteiger partial charge in [0, 0.05) is 6.42 Å². The maximum Gasteiger partial charge on any atom is 0.303 e. The lowest BCUT2D eigenvalue weighted by Gasteiger charge is -2.17. The van der Waals surface area contributed by atoms with Gasteiger partial charge in [0.1, 0.15) is 0 Å². The van der Waals surface area contributed by atoms with Crippen LogP contribution in [0.15, 0.2) is 12.2 Å². The molecule has 0 aromatic heterocycles. The summed E-state index contributed by atoms with van der Waals surface area (Å²) in [5.41, 5.74) is 0. The van der Waals surface area contributed by atoms with E-state index in [2.05, 4.69) is 17.5 Å². The van der Waals surface area contributed by atoms with Crippen molar-refractivity contribution in [2.75, 3.05) is 13.1 Å². The molecule has 0 spiro atoms. The Morgan fingerprint density at radius 3 is 2.93 bits per heavy atom. The van der Waals surface area contributed by atoms with E-state index in [0.717, 1.165) is 31.8 Å². The molecule has 1 aliphatic carbocycles. The molecule has 3 heteroatoms. The number of unbranched alkanes of at least 4 members (excludes halogenated alkanes) is 1. The predicted molar refractivity (Wildman–Crippen MR) is 60.8 cm³/mol. The first-order valence-electron chi connectivity index (χ1n) is 5.86. The van der Waals surface area contributed by atoms with Crippen molar-refractivity contribution in [1.82, 2.24) is 5.32 Å². The van der Waals surface area contributed by atoms with Crippen molar-refractivity contribution in [2.45, 2.75) is 38.5 Å². The summed E-state index contributed by atoms with van der Waals surface area (Å²) < 4.78 is 0. The number of carbonyl (C=O) groups is 1. The summed E-state index contributed by atoms with van der Waals surface area (Å²) in [6, 6.07) is 0. The topological polar surface area (TPSA) is 49.3 Å². The van der Waals surface area contributed by atoms with Gasteiger partial charge in [0.05, 0.1) is 0 Å². The van der Waals surface area contributed by atoms with E-state index in [0.29, 0.717) is 6.42 Å². The minimum atomic E-state index is -0.688. The van der Waals surface area contributed by atoms with Crippen LogP contribution in [0.1, 0.15) is 38.5 Å². The molecule has 0 aromatic carbocycles. The zero-order valence-corrected chi connectivity index (χ0v) is 9.24. The van der Waals surface area contributed by atoms with Crippen molar-refractivity contribution in [3.8, 4) is 0 Å². The smallest absolute Gasteiger partial charge is 0.303 e. The van der Waals surface area contributed by atoms with Gasteiger partial charge in [-0.15, -0.1) is 0 Å². The summed E-state index contributed by atoms with van der Waals surface area (Å²) in [7, 11) is 0. The van der Waals surface area contributed by atoms with Crippen molar-refractivity contribution < 1.29 is 9.90 Å². The van der Waals surface area contributed by atoms with Crippen molar-refractivity contribution in [3.05, 3.63) is 12.2 Å². The molecule has 1 unspecified atom stereocenters. The lowest BCUT2D eigenvalue weighted by Crippen LogP contribution is -2.24. The third-order valence-corrected chi connectivity index (χ3v) is 2.80. The first-order valence-corrected chi connectivity index (χ1v) is 5.86. The third kappa shape index (κ3) is 6.28. The molecule has 86 valence electrons. The minimum absolute atomic E-state index is 0.299. The molecule has 1 aliphatic rings. The summed E-state index contributed by atoms with van der Waals surface area (Å²) in [4.78, 5) is 10.3. The van der Waals surface area contributed by atoms with E-state index in [-0.39, 0.29) is 0 Å². The number of hydrogen-bond acceptors (Lipinski definition) is 2. The van der Waals surface area contributed by atoms with Crippen LogP contribution in [-0.2, 0) is 4.79 Å². The highest BCUT2D eigenvalue weighted by atomic mass is 16.4. The molecule has 3 nitrogen and oxygen atoms in total. The fourth-order valence-electron chi connectivity index (χ4n) is 1.87. The molecule has 0 heterocycles. The Kier molecular flexibility index (Phi) is 6.09. The van der Waals surface area contributed by atoms with Crippen molar-refractivity contribution in [1.29, 1.82) is 0 Å². The highest BCUT2D eigenvalue weighted by Gasteiger charge is 2.08. The minimum Gasteiger partial charge on any atom is -0.481 e. The molecular formula is C12H21NO2. The van der Waals surface area contributed by atoms with E-state index < -0.39 is 5.97 Å². The molecule has 0 aromatic rings. The molecule has 0 bridgehead atoms. The maximum atomic E-state index is 10.3. The van der Waals surface area contributed by atoms with Crippen molar-refractivity contribution in [2.24, 2.45) is 5.92 Å². The van der Waals surface area contributed by atoms with Gasteiger partial charge in [-0.3, -0.25) is 4.79 Å². The van der Waals surface area contributed by atoms with Crippen LogP contribution in [0.5, 0.6) is 0 Å². The molecule has 15 heavy (non-hydrogen) atoms. The molecule has 1 rings (SSSR count). The van der Waals surface area contributed by atoms with Crippen LogP contribution in [0.2, 0.25) is 0 Å². The van der Waals surface area contributed by atoms with Crippen LogP contribution < -0.4 is 5.32 Å². The predicted octanol–water partition coefficient (Wildman–Crippen LogP) is 2.19. The van der Waals surface area contributed by atoms with Gasteiger partial charge in [0.15, 0.2) is 0 Å². The number of carboxylic acid groups (broad SMARTS) is 1. The van der Waals surface area contributed by atoms with Crippen molar-refractivity contribution in [3.63, 3.8) is 0 Å². The molecule has 0 saturated heterocycles. The number of hydrogen-bond donors (Lipinski definition) is 2. The van der Waals surface area contributed by atoms with E-state index >= 15 is 0 Å². The number of aliphatic carboxylic acids is 1. The Balaban J connectivity index is 1.88. The summed E-state index contributed by atoms with van der Waals surface area (Å²) in [6.07, 6.45) is 10.3. The first kappa shape index (κ1) is 12.2. The average Bonchev–Trinajstić information content (AvgIpc) is 2.24. The molecule has 0 radical (unpaired) electrons. The molecule has 2 N–H and O–H groups in total. The van der Waals surface area contributed by atoms with Crippen LogP contribution in [0.4, 0.5) is 0 Å². The van der Waals surface area contributed by atoms with Crippen LogP contribution in [0, 0.1) is 5.92 Å². The Labute approximate surface area is 91.6 Å². The number of rotatable bonds is 7. The summed E-state index contributed by atoms with van der Waals surface area (Å²) in [6.45, 7) is 2.03. The van der Waals surface area contributed by atoms with Crippen molar-refractivity contribution >= 4 is 5.97 Å². The Morgan fingerprint density at radius 2 is 2.27 bits per heavy atom. The summed E-state index contributed by atoms with van der Waals surface area (Å²) >= 11 is 0. The van der Waals surface area contributed by atoms with Crippen LogP contribution in [0.25, 0.3) is 0 Å². The number of carboxylic acids is 1. The fourth-order valence-corrected chi connectivity index (χ4v) is 1.87. The fraction of sp³-hybridized carbons (Fsp3) is 0.750. The molecule has 0 fully saturated rings. The van der Waals surface area contributed by atoms with Gasteiger partial charge in [-0.25, -0.2) is 0 Å². The maximum absolute atomic E-state index is 10.3. The van der Waals surface area contributed by atoms with E-state index in [1.165, 1.54) is 19.3 Å². The molecule has 0 aliphatic heterocycles. The van der Waals surface area contributed by atoms with Crippen LogP contribution in [-0.4, -0.2) is 24.2 Å². The second-order valence-corrected chi connectivity index (χ2v) is 4.21. The van der Waals surface area contributed by atoms with Gasteiger partial charge in [0.2, 0.25) is 0 Å². The van der Waals surface area contributed by atoms with E-state index in [9.17, 15) is 4.79 Å². The van der Waals surface area contributed by atoms with E-state index in [1.807, 2.05) is 0 Å². The lowest BCUT2D eigenvalue weighted by molar-refractivity contribution is -0.137. The lowest BCUT2D eigenvalue weighted by atomic mass is 9.94. The first-order chi connectivity index (χ1) is 7.29. The normalized spacial score (nSPS) is 20.4. The van der Waals surface area contributed by atoms with Gasteiger partial charge in [-0.05, 0) is 51.1 Å². The Morgan fingerprint density at radius 1 is 1.40 bits per heavy atom. The van der Waals surface area contributed by atoms with E-state index in [1.54, 1.807) is 0 Å². The van der Waals surface area contributed by atoms with E-state index in [4.69, 9.17) is 5.11 Å². The number of allylic oxidation sites excluding steroid dienone is 2. The summed E-state index contributed by atoms with van der Waals surface area (Å²) in [5, 5.41) is 11.8. The Bertz CT molecular complexity index is 214. The zero-order valence-electron chi connectivity index (χ0n) is 9.24. The van der Waals surface area contributed by atoms with Crippen LogP contribution in [0.3, 0.4) is 0 Å².